The number of hydrogen-bond acceptors (Lipinski definition) is 12. The van der Waals surface area contributed by atoms with Crippen LogP contribution in [0.2, 0.25) is 0 Å². The first kappa shape index (κ1) is 30.8. The average Bonchev–Trinajstić information content (AvgIpc) is 3.28. The first-order chi connectivity index (χ1) is 20.2. The number of benzene rings is 2. The Balaban J connectivity index is 1.24. The zero-order valence-electron chi connectivity index (χ0n) is 23.1. The first-order valence-corrected chi connectivity index (χ1v) is 14.2. The molecule has 2 aromatic carbocycles. The molecule has 0 radical (unpaired) electrons. The Hall–Kier alpha value is -2.65. The Labute approximate surface area is 243 Å². The molecule has 4 aliphatic heterocycles. The van der Waals surface area contributed by atoms with E-state index in [0.717, 1.165) is 30.4 Å². The third-order valence-electron chi connectivity index (χ3n) is 8.00. The van der Waals surface area contributed by atoms with Crippen LogP contribution in [0.4, 0.5) is 0 Å². The minimum atomic E-state index is -1.89. The lowest BCUT2D eigenvalue weighted by molar-refractivity contribution is -0.279. The van der Waals surface area contributed by atoms with Gasteiger partial charge in [-0.1, -0.05) is 24.6 Å². The van der Waals surface area contributed by atoms with E-state index in [9.17, 15) is 35.4 Å². The molecular formula is C30H38O12. The molecule has 4 heterocycles. The number of rotatable bonds is 6. The molecule has 8 unspecified atom stereocenters. The number of aromatic hydroxyl groups is 1. The minimum Gasteiger partial charge on any atom is -0.504 e. The van der Waals surface area contributed by atoms with Crippen molar-refractivity contribution in [1.29, 1.82) is 0 Å². The van der Waals surface area contributed by atoms with E-state index in [1.165, 1.54) is 0 Å². The highest BCUT2D eigenvalue weighted by atomic mass is 16.7. The van der Waals surface area contributed by atoms with Crippen LogP contribution in [0.1, 0.15) is 36.8 Å². The van der Waals surface area contributed by atoms with E-state index in [1.54, 1.807) is 6.07 Å². The van der Waals surface area contributed by atoms with Crippen LogP contribution in [-0.2, 0) is 36.6 Å². The Morgan fingerprint density at radius 3 is 2.43 bits per heavy atom. The summed E-state index contributed by atoms with van der Waals surface area (Å²) < 4.78 is 28.5. The van der Waals surface area contributed by atoms with E-state index in [0.29, 0.717) is 30.8 Å². The van der Waals surface area contributed by atoms with E-state index in [4.69, 9.17) is 23.7 Å². The van der Waals surface area contributed by atoms with Gasteiger partial charge in [0.05, 0.1) is 25.9 Å². The standard InChI is InChI=1S/C30H38O12/c31-15-30(37)16-39-29(27(30)36)38-14-23-24(33)25(34)26(35)28(42-23)41-19-4-2-1-3-18-8-12-21(32)22(13-18)40-20-10-6-17(5-9-19)7-11-20/h6-8,10-13,19,23-24,26-29,31-33,35-37H,1-5,9,14-16H2. The number of aryl methyl sites for hydroxylation is 2. The lowest BCUT2D eigenvalue weighted by atomic mass is 9.99. The number of Topliss-reactive ketones (excluding diaryl/α,β-unsaturated/α-hetero) is 1. The molecule has 4 aliphatic rings. The molecule has 42 heavy (non-hydrogen) atoms. The van der Waals surface area contributed by atoms with Gasteiger partial charge in [-0.15, -0.1) is 0 Å². The van der Waals surface area contributed by atoms with E-state index in [2.05, 4.69) is 0 Å². The molecule has 12 nitrogen and oxygen atoms in total. The fraction of sp³-hybridized carbons (Fsp3) is 0.567. The monoisotopic (exact) mass is 590 g/mol. The number of aliphatic hydroxyl groups is 5. The maximum Gasteiger partial charge on any atom is 0.197 e. The van der Waals surface area contributed by atoms with E-state index in [-0.39, 0.29) is 18.5 Å². The van der Waals surface area contributed by atoms with E-state index < -0.39 is 61.6 Å². The van der Waals surface area contributed by atoms with Crippen molar-refractivity contribution in [2.45, 2.75) is 87.2 Å². The normalized spacial score (nSPS) is 34.0. The van der Waals surface area contributed by atoms with Gasteiger partial charge in [0.2, 0.25) is 0 Å². The Morgan fingerprint density at radius 2 is 1.69 bits per heavy atom. The number of carbonyl (C=O) groups is 1. The van der Waals surface area contributed by atoms with Gasteiger partial charge < -0.3 is 54.3 Å². The largest absolute Gasteiger partial charge is 0.504 e. The highest BCUT2D eigenvalue weighted by Crippen LogP contribution is 2.33. The number of carbonyl (C=O) groups excluding carboxylic acids is 1. The predicted molar refractivity (Wildman–Crippen MR) is 145 cm³/mol. The lowest BCUT2D eigenvalue weighted by Gasteiger charge is -2.37. The first-order valence-electron chi connectivity index (χ1n) is 14.2. The van der Waals surface area contributed by atoms with Crippen molar-refractivity contribution in [3.05, 3.63) is 53.6 Å². The van der Waals surface area contributed by atoms with Crippen LogP contribution in [0.3, 0.4) is 0 Å². The van der Waals surface area contributed by atoms with Crippen LogP contribution >= 0.6 is 0 Å². The van der Waals surface area contributed by atoms with Gasteiger partial charge in [-0.25, -0.2) is 0 Å². The lowest BCUT2D eigenvalue weighted by Crippen LogP contribution is -2.58. The fourth-order valence-electron chi connectivity index (χ4n) is 5.32. The second-order valence-electron chi connectivity index (χ2n) is 11.1. The van der Waals surface area contributed by atoms with Gasteiger partial charge in [-0.2, -0.15) is 0 Å². The highest BCUT2D eigenvalue weighted by molar-refractivity contribution is 5.88. The van der Waals surface area contributed by atoms with E-state index >= 15 is 0 Å². The van der Waals surface area contributed by atoms with Crippen LogP contribution in [-0.4, -0.2) is 105 Å². The molecule has 8 atom stereocenters. The van der Waals surface area contributed by atoms with Crippen LogP contribution in [0, 0.1) is 0 Å². The number of ether oxygens (including phenoxy) is 5. The summed E-state index contributed by atoms with van der Waals surface area (Å²) in [5.41, 5.74) is 0.135. The average molecular weight is 591 g/mol. The number of ketones is 1. The molecule has 6 N–H and O–H groups in total. The van der Waals surface area contributed by atoms with Gasteiger partial charge in [0.1, 0.15) is 29.7 Å². The number of hydrogen-bond donors (Lipinski definition) is 6. The molecule has 0 aliphatic carbocycles. The second kappa shape index (κ2) is 13.3. The number of phenols is 1. The van der Waals surface area contributed by atoms with Gasteiger partial charge in [-0.05, 0) is 67.5 Å². The quantitative estimate of drug-likeness (QED) is 0.277. The zero-order chi connectivity index (χ0) is 29.9. The Kier molecular flexibility index (Phi) is 9.77. The summed E-state index contributed by atoms with van der Waals surface area (Å²) in [5, 5.41) is 60.9. The molecule has 0 saturated carbocycles. The maximum absolute atomic E-state index is 12.7. The Bertz CT molecular complexity index is 1210. The van der Waals surface area contributed by atoms with Gasteiger partial charge in [0.25, 0.3) is 0 Å². The third kappa shape index (κ3) is 6.94. The van der Waals surface area contributed by atoms with Crippen LogP contribution < -0.4 is 4.74 Å². The predicted octanol–water partition coefficient (Wildman–Crippen LogP) is 0.702. The van der Waals surface area contributed by atoms with Crippen LogP contribution in [0.15, 0.2) is 42.5 Å². The zero-order valence-corrected chi connectivity index (χ0v) is 23.1. The topological polar surface area (TPSA) is 185 Å². The maximum atomic E-state index is 12.7. The van der Waals surface area contributed by atoms with E-state index in [1.807, 2.05) is 36.4 Å². The van der Waals surface area contributed by atoms with Gasteiger partial charge in [0.15, 0.2) is 36.0 Å². The third-order valence-corrected chi connectivity index (χ3v) is 8.00. The van der Waals surface area contributed by atoms with Gasteiger partial charge >= 0.3 is 0 Å². The molecule has 0 aromatic heterocycles. The second-order valence-corrected chi connectivity index (χ2v) is 11.1. The van der Waals surface area contributed by atoms with Crippen molar-refractivity contribution in [1.82, 2.24) is 0 Å². The van der Waals surface area contributed by atoms with Crippen LogP contribution in [0.5, 0.6) is 17.2 Å². The fourth-order valence-corrected chi connectivity index (χ4v) is 5.32. The molecule has 6 rings (SSSR count). The minimum absolute atomic E-state index is 0.0635. The molecule has 2 aromatic rings. The SMILES string of the molecule is O=C1C(O)C(COC2OCC(O)(CO)C2O)OC(OC2CCCCc3ccc(O)c(c3)Oc3ccc(cc3)CC2)C1O. The summed E-state index contributed by atoms with van der Waals surface area (Å²) in [5.74, 6) is 0.168. The summed E-state index contributed by atoms with van der Waals surface area (Å²) in [4.78, 5) is 12.7. The molecule has 12 heteroatoms. The molecule has 230 valence electrons. The summed E-state index contributed by atoms with van der Waals surface area (Å²) in [6, 6.07) is 12.8. The van der Waals surface area contributed by atoms with Crippen molar-refractivity contribution >= 4 is 5.78 Å². The van der Waals surface area contributed by atoms with Crippen LogP contribution in [0.25, 0.3) is 0 Å². The molecule has 2 saturated heterocycles. The number of aliphatic hydroxyl groups excluding tert-OH is 4. The van der Waals surface area contributed by atoms with Gasteiger partial charge in [0, 0.05) is 0 Å². The van der Waals surface area contributed by atoms with Crippen molar-refractivity contribution < 1.29 is 59.1 Å². The van der Waals surface area contributed by atoms with Crippen molar-refractivity contribution in [3.8, 4) is 17.2 Å². The summed E-state index contributed by atoms with van der Waals surface area (Å²) in [6.45, 7) is -1.51. The summed E-state index contributed by atoms with van der Waals surface area (Å²) in [7, 11) is 0. The molecule has 0 spiro atoms. The molecule has 4 bridgehead atoms. The van der Waals surface area contributed by atoms with Crippen molar-refractivity contribution in [3.63, 3.8) is 0 Å². The van der Waals surface area contributed by atoms with Crippen molar-refractivity contribution in [2.75, 3.05) is 19.8 Å². The Morgan fingerprint density at radius 1 is 0.929 bits per heavy atom. The summed E-state index contributed by atoms with van der Waals surface area (Å²) >= 11 is 0. The highest BCUT2D eigenvalue weighted by Gasteiger charge is 2.50. The molecular weight excluding hydrogens is 552 g/mol. The molecule has 0 amide bonds. The van der Waals surface area contributed by atoms with Crippen molar-refractivity contribution in [2.24, 2.45) is 0 Å². The number of phenolic OH excluding ortho intramolecular Hbond substituents is 1. The van der Waals surface area contributed by atoms with Gasteiger partial charge in [-0.3, -0.25) is 4.79 Å². The number of fused-ring (bicyclic) bond motifs is 8. The smallest absolute Gasteiger partial charge is 0.197 e. The summed E-state index contributed by atoms with van der Waals surface area (Å²) in [6.07, 6.45) is -5.11. The molecule has 2 fully saturated rings.